The number of benzene rings is 3. The monoisotopic (exact) mass is 367 g/mol. The zero-order valence-corrected chi connectivity index (χ0v) is 14.9. The lowest BCUT2D eigenvalue weighted by Gasteiger charge is -2.20. The van der Waals surface area contributed by atoms with Crippen LogP contribution in [0.25, 0.3) is 22.3 Å². The molecule has 5 nitrogen and oxygen atoms in total. The second kappa shape index (κ2) is 6.48. The fourth-order valence-electron chi connectivity index (χ4n) is 3.00. The SMILES string of the molecule is COc1cccc(-c2ccc(-c3cccc4c3OS(=O)(=O)NC4)cc2)c1. The second-order valence-electron chi connectivity index (χ2n) is 5.96. The van der Waals surface area contributed by atoms with Crippen LogP contribution >= 0.6 is 0 Å². The lowest BCUT2D eigenvalue weighted by Crippen LogP contribution is -2.32. The van der Waals surface area contributed by atoms with E-state index in [1.807, 2.05) is 66.7 Å². The highest BCUT2D eigenvalue weighted by molar-refractivity contribution is 7.85. The molecule has 0 aliphatic carbocycles. The van der Waals surface area contributed by atoms with Crippen molar-refractivity contribution < 1.29 is 17.3 Å². The van der Waals surface area contributed by atoms with E-state index in [-0.39, 0.29) is 6.54 Å². The molecule has 3 aromatic rings. The van der Waals surface area contributed by atoms with Crippen LogP contribution in [-0.2, 0) is 16.8 Å². The van der Waals surface area contributed by atoms with Crippen molar-refractivity contribution in [3.8, 4) is 33.8 Å². The molecule has 1 aliphatic rings. The molecule has 0 unspecified atom stereocenters. The van der Waals surface area contributed by atoms with Gasteiger partial charge in [-0.1, -0.05) is 54.6 Å². The molecule has 0 radical (unpaired) electrons. The largest absolute Gasteiger partial charge is 0.497 e. The van der Waals surface area contributed by atoms with Crippen LogP contribution in [0.4, 0.5) is 0 Å². The number of fused-ring (bicyclic) bond motifs is 1. The summed E-state index contributed by atoms with van der Waals surface area (Å²) in [6.07, 6.45) is 0. The van der Waals surface area contributed by atoms with Crippen molar-refractivity contribution in [2.24, 2.45) is 0 Å². The first-order chi connectivity index (χ1) is 12.6. The third kappa shape index (κ3) is 3.16. The van der Waals surface area contributed by atoms with Crippen molar-refractivity contribution >= 4 is 10.3 Å². The van der Waals surface area contributed by atoms with Gasteiger partial charge in [-0.3, -0.25) is 0 Å². The molecule has 0 fully saturated rings. The van der Waals surface area contributed by atoms with Gasteiger partial charge in [-0.25, -0.2) is 0 Å². The second-order valence-corrected chi connectivity index (χ2v) is 7.33. The van der Waals surface area contributed by atoms with E-state index in [9.17, 15) is 8.42 Å². The van der Waals surface area contributed by atoms with Crippen LogP contribution in [0.1, 0.15) is 5.56 Å². The van der Waals surface area contributed by atoms with Crippen LogP contribution in [0.2, 0.25) is 0 Å². The van der Waals surface area contributed by atoms with Crippen molar-refractivity contribution in [1.29, 1.82) is 0 Å². The molecule has 0 atom stereocenters. The van der Waals surface area contributed by atoms with Crippen LogP contribution in [0.3, 0.4) is 0 Å². The molecule has 1 heterocycles. The van der Waals surface area contributed by atoms with E-state index in [1.165, 1.54) is 0 Å². The van der Waals surface area contributed by atoms with Gasteiger partial charge in [-0.05, 0) is 28.8 Å². The van der Waals surface area contributed by atoms with Gasteiger partial charge in [-0.15, -0.1) is 0 Å². The van der Waals surface area contributed by atoms with Gasteiger partial charge in [0.2, 0.25) is 0 Å². The van der Waals surface area contributed by atoms with Crippen LogP contribution < -0.4 is 13.6 Å². The smallest absolute Gasteiger partial charge is 0.382 e. The first kappa shape index (κ1) is 16.6. The Balaban J connectivity index is 1.72. The fraction of sp³-hybridized carbons (Fsp3) is 0.100. The first-order valence-corrected chi connectivity index (χ1v) is 9.52. The quantitative estimate of drug-likeness (QED) is 0.766. The maximum atomic E-state index is 11.8. The number of nitrogens with one attached hydrogen (secondary N) is 1. The predicted octanol–water partition coefficient (Wildman–Crippen LogP) is 3.76. The Morgan fingerprint density at radius 1 is 0.923 bits per heavy atom. The molecule has 6 heteroatoms. The van der Waals surface area contributed by atoms with Gasteiger partial charge in [0.15, 0.2) is 5.75 Å². The first-order valence-electron chi connectivity index (χ1n) is 8.11. The van der Waals surface area contributed by atoms with Gasteiger partial charge in [0.05, 0.1) is 7.11 Å². The Labute approximate surface area is 152 Å². The number of hydrogen-bond donors (Lipinski definition) is 1. The minimum atomic E-state index is -3.75. The molecule has 1 N–H and O–H groups in total. The molecule has 0 saturated carbocycles. The lowest BCUT2D eigenvalue weighted by molar-refractivity contribution is 0.415. The van der Waals surface area contributed by atoms with Gasteiger partial charge in [0.1, 0.15) is 5.75 Å². The fourth-order valence-corrected chi connectivity index (χ4v) is 3.81. The number of ether oxygens (including phenoxy) is 1. The number of hydrogen-bond acceptors (Lipinski definition) is 4. The third-order valence-electron chi connectivity index (χ3n) is 4.33. The lowest BCUT2D eigenvalue weighted by atomic mass is 9.98. The average molecular weight is 367 g/mol. The normalized spacial score (nSPS) is 15.0. The molecule has 132 valence electrons. The van der Waals surface area contributed by atoms with Crippen LogP contribution in [0.15, 0.2) is 66.7 Å². The van der Waals surface area contributed by atoms with Gasteiger partial charge in [0.25, 0.3) is 0 Å². The number of rotatable bonds is 3. The van der Waals surface area contributed by atoms with Gasteiger partial charge >= 0.3 is 10.3 Å². The summed E-state index contributed by atoms with van der Waals surface area (Å²) < 4.78 is 36.3. The van der Waals surface area contributed by atoms with Gasteiger partial charge < -0.3 is 8.92 Å². The van der Waals surface area contributed by atoms with Gasteiger partial charge in [0, 0.05) is 17.7 Å². The summed E-state index contributed by atoms with van der Waals surface area (Å²) >= 11 is 0. The minimum Gasteiger partial charge on any atom is -0.497 e. The molecule has 0 bridgehead atoms. The van der Waals surface area contributed by atoms with Gasteiger partial charge in [-0.2, -0.15) is 13.1 Å². The van der Waals surface area contributed by atoms with E-state index in [0.717, 1.165) is 33.6 Å². The summed E-state index contributed by atoms with van der Waals surface area (Å²) in [4.78, 5) is 0. The molecule has 0 spiro atoms. The summed E-state index contributed by atoms with van der Waals surface area (Å²) in [5.41, 5.74) is 4.56. The Bertz CT molecular complexity index is 1060. The maximum absolute atomic E-state index is 11.8. The Morgan fingerprint density at radius 2 is 1.65 bits per heavy atom. The maximum Gasteiger partial charge on any atom is 0.382 e. The summed E-state index contributed by atoms with van der Waals surface area (Å²) in [5, 5.41) is 0. The molecule has 1 aliphatic heterocycles. The van der Waals surface area contributed by atoms with Crippen LogP contribution in [0.5, 0.6) is 11.5 Å². The van der Waals surface area contributed by atoms with Crippen molar-refractivity contribution in [2.45, 2.75) is 6.54 Å². The van der Waals surface area contributed by atoms with Crippen molar-refractivity contribution in [3.63, 3.8) is 0 Å². The van der Waals surface area contributed by atoms with Crippen LogP contribution in [-0.4, -0.2) is 15.5 Å². The predicted molar refractivity (Wildman–Crippen MR) is 100 cm³/mol. The summed E-state index contributed by atoms with van der Waals surface area (Å²) in [6, 6.07) is 21.4. The standard InChI is InChI=1S/C20H17NO4S/c1-24-18-6-2-4-16(12-18)14-8-10-15(11-9-14)19-7-3-5-17-13-21-26(22,23)25-20(17)19/h2-12,21H,13H2,1H3. The summed E-state index contributed by atoms with van der Waals surface area (Å²) in [7, 11) is -2.11. The highest BCUT2D eigenvalue weighted by Gasteiger charge is 2.24. The molecular formula is C20H17NO4S. The van der Waals surface area contributed by atoms with Crippen molar-refractivity contribution in [1.82, 2.24) is 4.72 Å². The van der Waals surface area contributed by atoms with E-state index in [1.54, 1.807) is 7.11 Å². The van der Waals surface area contributed by atoms with E-state index < -0.39 is 10.3 Å². The number of methoxy groups -OCH3 is 1. The highest BCUT2D eigenvalue weighted by Crippen LogP contribution is 2.37. The molecule has 0 amide bonds. The molecular weight excluding hydrogens is 350 g/mol. The topological polar surface area (TPSA) is 64.6 Å². The van der Waals surface area contributed by atoms with E-state index >= 15 is 0 Å². The highest BCUT2D eigenvalue weighted by atomic mass is 32.2. The van der Waals surface area contributed by atoms with E-state index in [4.69, 9.17) is 8.92 Å². The number of para-hydroxylation sites is 1. The Morgan fingerprint density at radius 3 is 2.42 bits per heavy atom. The molecule has 0 aromatic heterocycles. The summed E-state index contributed by atoms with van der Waals surface area (Å²) in [5.74, 6) is 1.19. The summed E-state index contributed by atoms with van der Waals surface area (Å²) in [6.45, 7) is 0.230. The van der Waals surface area contributed by atoms with Crippen molar-refractivity contribution in [3.05, 3.63) is 72.3 Å². The van der Waals surface area contributed by atoms with Crippen molar-refractivity contribution in [2.75, 3.05) is 7.11 Å². The zero-order valence-electron chi connectivity index (χ0n) is 14.1. The average Bonchev–Trinajstić information content (AvgIpc) is 2.67. The molecule has 0 saturated heterocycles. The Kier molecular flexibility index (Phi) is 4.14. The van der Waals surface area contributed by atoms with Crippen LogP contribution in [0, 0.1) is 0 Å². The zero-order chi connectivity index (χ0) is 18.1. The van der Waals surface area contributed by atoms with E-state index in [2.05, 4.69) is 4.72 Å². The molecule has 4 rings (SSSR count). The third-order valence-corrected chi connectivity index (χ3v) is 5.21. The molecule has 26 heavy (non-hydrogen) atoms. The van der Waals surface area contributed by atoms with E-state index in [0.29, 0.717) is 5.75 Å². The minimum absolute atomic E-state index is 0.230. The molecule has 3 aromatic carbocycles. The Hall–Kier alpha value is -2.83.